The van der Waals surface area contributed by atoms with Gasteiger partial charge in [-0.25, -0.2) is 13.8 Å². The van der Waals surface area contributed by atoms with Crippen LogP contribution in [0.1, 0.15) is 28.6 Å². The van der Waals surface area contributed by atoms with Gasteiger partial charge in [-0.3, -0.25) is 4.79 Å². The molecular formula is C18H23F2IN4OS. The zero-order valence-corrected chi connectivity index (χ0v) is 18.1. The van der Waals surface area contributed by atoms with Gasteiger partial charge in [0, 0.05) is 25.2 Å². The fraction of sp³-hybridized carbons (Fsp3) is 0.333. The Labute approximate surface area is 178 Å². The number of thiophene rings is 1. The van der Waals surface area contributed by atoms with Crippen molar-refractivity contribution in [2.75, 3.05) is 19.6 Å². The highest BCUT2D eigenvalue weighted by molar-refractivity contribution is 14.0. The van der Waals surface area contributed by atoms with E-state index in [0.717, 1.165) is 18.2 Å². The Balaban J connectivity index is 0.00000364. The SMILES string of the molecule is CCNC(=NCc1cc(F)ccc1F)NCCCNC(=O)c1cccs1.I. The highest BCUT2D eigenvalue weighted by Gasteiger charge is 2.06. The summed E-state index contributed by atoms with van der Waals surface area (Å²) in [6.45, 7) is 3.71. The van der Waals surface area contributed by atoms with E-state index in [0.29, 0.717) is 36.9 Å². The Morgan fingerprint density at radius 3 is 2.63 bits per heavy atom. The standard InChI is InChI=1S/C18H22F2N4OS.HI/c1-2-21-18(24-12-13-11-14(19)6-7-15(13)20)23-9-4-8-22-17(25)16-5-3-10-26-16;/h3,5-7,10-11H,2,4,8-9,12H2,1H3,(H,22,25)(H2,21,23,24);1H. The molecule has 27 heavy (non-hydrogen) atoms. The zero-order chi connectivity index (χ0) is 18.8. The minimum absolute atomic E-state index is 0. The highest BCUT2D eigenvalue weighted by Crippen LogP contribution is 2.10. The maximum Gasteiger partial charge on any atom is 0.261 e. The van der Waals surface area contributed by atoms with Crippen molar-refractivity contribution in [1.82, 2.24) is 16.0 Å². The molecule has 2 rings (SSSR count). The Morgan fingerprint density at radius 2 is 1.93 bits per heavy atom. The fourth-order valence-electron chi connectivity index (χ4n) is 2.16. The van der Waals surface area contributed by atoms with Crippen molar-refractivity contribution >= 4 is 47.2 Å². The van der Waals surface area contributed by atoms with E-state index in [1.165, 1.54) is 11.3 Å². The second-order valence-corrected chi connectivity index (χ2v) is 6.39. The molecule has 0 fully saturated rings. The van der Waals surface area contributed by atoms with Crippen LogP contribution < -0.4 is 16.0 Å². The second kappa shape index (κ2) is 12.6. The summed E-state index contributed by atoms with van der Waals surface area (Å²) in [6, 6.07) is 6.93. The van der Waals surface area contributed by atoms with Gasteiger partial charge < -0.3 is 16.0 Å². The molecule has 1 aromatic carbocycles. The molecule has 1 heterocycles. The van der Waals surface area contributed by atoms with E-state index in [1.54, 1.807) is 6.07 Å². The number of benzene rings is 1. The lowest BCUT2D eigenvalue weighted by Gasteiger charge is -2.11. The van der Waals surface area contributed by atoms with E-state index in [-0.39, 0.29) is 42.0 Å². The monoisotopic (exact) mass is 508 g/mol. The summed E-state index contributed by atoms with van der Waals surface area (Å²) in [5, 5.41) is 10.9. The lowest BCUT2D eigenvalue weighted by atomic mass is 10.2. The Kier molecular flexibility index (Phi) is 10.9. The van der Waals surface area contributed by atoms with Gasteiger partial charge in [-0.15, -0.1) is 35.3 Å². The molecule has 1 amide bonds. The fourth-order valence-corrected chi connectivity index (χ4v) is 2.80. The molecule has 9 heteroatoms. The number of nitrogens with one attached hydrogen (secondary N) is 3. The lowest BCUT2D eigenvalue weighted by Crippen LogP contribution is -2.38. The predicted molar refractivity (Wildman–Crippen MR) is 116 cm³/mol. The molecule has 0 saturated heterocycles. The largest absolute Gasteiger partial charge is 0.357 e. The number of rotatable bonds is 8. The molecule has 2 aromatic rings. The number of carbonyl (C=O) groups is 1. The van der Waals surface area contributed by atoms with Crippen LogP contribution in [-0.4, -0.2) is 31.5 Å². The molecule has 0 bridgehead atoms. The molecule has 0 spiro atoms. The van der Waals surface area contributed by atoms with Crippen LogP contribution in [0.4, 0.5) is 8.78 Å². The van der Waals surface area contributed by atoms with Crippen LogP contribution in [0.2, 0.25) is 0 Å². The minimum atomic E-state index is -0.490. The van der Waals surface area contributed by atoms with Gasteiger partial charge in [0.1, 0.15) is 11.6 Å². The van der Waals surface area contributed by atoms with Crippen LogP contribution in [0.25, 0.3) is 0 Å². The van der Waals surface area contributed by atoms with Gasteiger partial charge in [-0.05, 0) is 43.0 Å². The third-order valence-electron chi connectivity index (χ3n) is 3.44. The molecule has 0 saturated carbocycles. The summed E-state index contributed by atoms with van der Waals surface area (Å²) in [5.74, 6) is -0.541. The summed E-state index contributed by atoms with van der Waals surface area (Å²) < 4.78 is 26.8. The van der Waals surface area contributed by atoms with Gasteiger partial charge in [-0.2, -0.15) is 0 Å². The molecule has 0 aliphatic carbocycles. The Bertz CT molecular complexity index is 741. The van der Waals surface area contributed by atoms with E-state index in [1.807, 2.05) is 18.4 Å². The predicted octanol–water partition coefficient (Wildman–Crippen LogP) is 3.52. The lowest BCUT2D eigenvalue weighted by molar-refractivity contribution is 0.0957. The van der Waals surface area contributed by atoms with Crippen LogP contribution in [0.5, 0.6) is 0 Å². The highest BCUT2D eigenvalue weighted by atomic mass is 127. The summed E-state index contributed by atoms with van der Waals surface area (Å²) in [7, 11) is 0. The normalized spacial score (nSPS) is 10.9. The first-order valence-corrected chi connectivity index (χ1v) is 9.26. The minimum Gasteiger partial charge on any atom is -0.357 e. The molecule has 1 aromatic heterocycles. The number of aliphatic imine (C=N–C) groups is 1. The summed E-state index contributed by atoms with van der Waals surface area (Å²) >= 11 is 1.40. The third-order valence-corrected chi connectivity index (χ3v) is 4.30. The summed E-state index contributed by atoms with van der Waals surface area (Å²) in [6.07, 6.45) is 0.704. The van der Waals surface area contributed by atoms with Crippen LogP contribution in [0.15, 0.2) is 40.7 Å². The van der Waals surface area contributed by atoms with Crippen molar-refractivity contribution in [3.63, 3.8) is 0 Å². The number of guanidine groups is 1. The van der Waals surface area contributed by atoms with Gasteiger partial charge in [0.2, 0.25) is 0 Å². The van der Waals surface area contributed by atoms with Gasteiger partial charge >= 0.3 is 0 Å². The molecule has 0 atom stereocenters. The molecule has 0 aliphatic heterocycles. The van der Waals surface area contributed by atoms with Gasteiger partial charge in [0.05, 0.1) is 11.4 Å². The molecule has 3 N–H and O–H groups in total. The van der Waals surface area contributed by atoms with Crippen LogP contribution >= 0.6 is 35.3 Å². The van der Waals surface area contributed by atoms with Crippen molar-refractivity contribution in [2.45, 2.75) is 19.9 Å². The van der Waals surface area contributed by atoms with E-state index in [9.17, 15) is 13.6 Å². The van der Waals surface area contributed by atoms with E-state index in [2.05, 4.69) is 20.9 Å². The number of halogens is 3. The number of hydrogen-bond acceptors (Lipinski definition) is 3. The number of carbonyl (C=O) groups excluding carboxylic acids is 1. The maximum absolute atomic E-state index is 13.6. The second-order valence-electron chi connectivity index (χ2n) is 5.44. The molecule has 0 unspecified atom stereocenters. The van der Waals surface area contributed by atoms with Crippen LogP contribution in [0, 0.1) is 11.6 Å². The maximum atomic E-state index is 13.6. The van der Waals surface area contributed by atoms with Gasteiger partial charge in [-0.1, -0.05) is 6.07 Å². The quantitative estimate of drug-likeness (QED) is 0.221. The molecule has 148 valence electrons. The van der Waals surface area contributed by atoms with Crippen molar-refractivity contribution in [3.8, 4) is 0 Å². The average Bonchev–Trinajstić information content (AvgIpc) is 3.16. The molecule has 0 aliphatic rings. The zero-order valence-electron chi connectivity index (χ0n) is 14.9. The van der Waals surface area contributed by atoms with Crippen molar-refractivity contribution < 1.29 is 13.6 Å². The van der Waals surface area contributed by atoms with Crippen LogP contribution in [-0.2, 0) is 6.54 Å². The Hall–Kier alpha value is -1.75. The first-order valence-electron chi connectivity index (χ1n) is 8.38. The first-order chi connectivity index (χ1) is 12.6. The molecule has 0 radical (unpaired) electrons. The van der Waals surface area contributed by atoms with Crippen molar-refractivity contribution in [3.05, 3.63) is 57.8 Å². The van der Waals surface area contributed by atoms with E-state index in [4.69, 9.17) is 0 Å². The average molecular weight is 508 g/mol. The number of amides is 1. The van der Waals surface area contributed by atoms with Crippen LogP contribution in [0.3, 0.4) is 0 Å². The van der Waals surface area contributed by atoms with Gasteiger partial charge in [0.25, 0.3) is 5.91 Å². The summed E-state index contributed by atoms with van der Waals surface area (Å²) in [4.78, 5) is 16.7. The number of hydrogen-bond donors (Lipinski definition) is 3. The number of nitrogens with zero attached hydrogens (tertiary/aromatic N) is 1. The third kappa shape index (κ3) is 8.21. The van der Waals surface area contributed by atoms with Crippen molar-refractivity contribution in [1.29, 1.82) is 0 Å². The van der Waals surface area contributed by atoms with E-state index >= 15 is 0 Å². The van der Waals surface area contributed by atoms with Crippen molar-refractivity contribution in [2.24, 2.45) is 4.99 Å². The Morgan fingerprint density at radius 1 is 1.15 bits per heavy atom. The first kappa shape index (κ1) is 23.3. The summed E-state index contributed by atoms with van der Waals surface area (Å²) in [5.41, 5.74) is 0.199. The smallest absolute Gasteiger partial charge is 0.261 e. The topological polar surface area (TPSA) is 65.5 Å². The van der Waals surface area contributed by atoms with E-state index < -0.39 is 11.6 Å². The molecular weight excluding hydrogens is 485 g/mol. The molecule has 5 nitrogen and oxygen atoms in total. The van der Waals surface area contributed by atoms with Gasteiger partial charge in [0.15, 0.2) is 5.96 Å².